The zero-order chi connectivity index (χ0) is 15.4. The van der Waals surface area contributed by atoms with Crippen LogP contribution in [0.15, 0.2) is 36.4 Å². The van der Waals surface area contributed by atoms with Gasteiger partial charge in [0.2, 0.25) is 0 Å². The van der Waals surface area contributed by atoms with Crippen molar-refractivity contribution >= 4 is 11.6 Å². The Hall–Kier alpha value is -1.71. The predicted molar refractivity (Wildman–Crippen MR) is 86.3 cm³/mol. The molecule has 0 bridgehead atoms. The number of aryl methyl sites for hydroxylation is 2. The molecule has 1 atom stereocenters. The number of nitrogens with two attached hydrogens (primary N) is 1. The van der Waals surface area contributed by atoms with Crippen molar-refractivity contribution in [3.05, 3.63) is 58.1 Å². The van der Waals surface area contributed by atoms with E-state index in [1.165, 1.54) is 0 Å². The molecule has 0 aliphatic carbocycles. The summed E-state index contributed by atoms with van der Waals surface area (Å²) < 4.78 is 11.1. The number of rotatable bonds is 5. The van der Waals surface area contributed by atoms with E-state index in [0.29, 0.717) is 6.61 Å². The molecule has 2 rings (SSSR count). The predicted octanol–water partition coefficient (Wildman–Crippen LogP) is 4.04. The first-order chi connectivity index (χ1) is 10.0. The molecule has 0 radical (unpaired) electrons. The minimum Gasteiger partial charge on any atom is -0.496 e. The molecule has 0 saturated heterocycles. The molecule has 0 spiro atoms. The van der Waals surface area contributed by atoms with Gasteiger partial charge in [-0.15, -0.1) is 0 Å². The largest absolute Gasteiger partial charge is 0.496 e. The highest BCUT2D eigenvalue weighted by atomic mass is 35.5. The average molecular weight is 306 g/mol. The third-order valence-corrected chi connectivity index (χ3v) is 3.77. The minimum atomic E-state index is -0.254. The monoisotopic (exact) mass is 305 g/mol. The van der Waals surface area contributed by atoms with Crippen molar-refractivity contribution in [3.63, 3.8) is 0 Å². The molecule has 0 amide bonds. The Morgan fingerprint density at radius 2 is 1.90 bits per heavy atom. The normalized spacial score (nSPS) is 12.0. The van der Waals surface area contributed by atoms with Crippen LogP contribution < -0.4 is 15.2 Å². The molecule has 0 fully saturated rings. The molecule has 4 heteroatoms. The molecular formula is C17H20ClNO2. The maximum absolute atomic E-state index is 6.23. The first-order valence-corrected chi connectivity index (χ1v) is 7.18. The molecule has 1 unspecified atom stereocenters. The summed E-state index contributed by atoms with van der Waals surface area (Å²) in [7, 11) is 1.64. The molecule has 0 aromatic heterocycles. The Bertz CT molecular complexity index is 628. The molecule has 0 saturated carbocycles. The second-order valence-electron chi connectivity index (χ2n) is 5.07. The van der Waals surface area contributed by atoms with Gasteiger partial charge in [0, 0.05) is 10.6 Å². The van der Waals surface area contributed by atoms with E-state index >= 15 is 0 Å². The van der Waals surface area contributed by atoms with Gasteiger partial charge in [0.15, 0.2) is 0 Å². The van der Waals surface area contributed by atoms with Gasteiger partial charge in [-0.2, -0.15) is 0 Å². The van der Waals surface area contributed by atoms with E-state index in [9.17, 15) is 0 Å². The fourth-order valence-electron chi connectivity index (χ4n) is 2.13. The third-order valence-electron chi connectivity index (χ3n) is 3.34. The molecule has 2 aromatic rings. The Morgan fingerprint density at radius 3 is 2.57 bits per heavy atom. The second kappa shape index (κ2) is 6.83. The second-order valence-corrected chi connectivity index (χ2v) is 5.48. The zero-order valence-electron chi connectivity index (χ0n) is 12.5. The van der Waals surface area contributed by atoms with E-state index in [0.717, 1.165) is 33.2 Å². The topological polar surface area (TPSA) is 44.5 Å². The smallest absolute Gasteiger partial charge is 0.123 e. The van der Waals surface area contributed by atoms with Crippen LogP contribution in [-0.2, 0) is 0 Å². The van der Waals surface area contributed by atoms with Gasteiger partial charge in [0.1, 0.15) is 18.1 Å². The first-order valence-electron chi connectivity index (χ1n) is 6.80. The van der Waals surface area contributed by atoms with Gasteiger partial charge in [0.25, 0.3) is 0 Å². The highest BCUT2D eigenvalue weighted by Crippen LogP contribution is 2.26. The lowest BCUT2D eigenvalue weighted by atomic mass is 10.0. The lowest BCUT2D eigenvalue weighted by molar-refractivity contribution is 0.286. The summed E-state index contributed by atoms with van der Waals surface area (Å²) in [6.07, 6.45) is 0. The van der Waals surface area contributed by atoms with Crippen LogP contribution in [0, 0.1) is 13.8 Å². The summed E-state index contributed by atoms with van der Waals surface area (Å²) in [6.45, 7) is 4.35. The molecule has 21 heavy (non-hydrogen) atoms. The first kappa shape index (κ1) is 15.7. The summed E-state index contributed by atoms with van der Waals surface area (Å²) in [5.74, 6) is 1.54. The van der Waals surface area contributed by atoms with Crippen LogP contribution in [0.2, 0.25) is 5.02 Å². The summed E-state index contributed by atoms with van der Waals surface area (Å²) in [4.78, 5) is 0. The summed E-state index contributed by atoms with van der Waals surface area (Å²) in [6, 6.07) is 11.3. The van der Waals surface area contributed by atoms with Gasteiger partial charge < -0.3 is 15.2 Å². The molecule has 2 N–H and O–H groups in total. The van der Waals surface area contributed by atoms with E-state index in [1.54, 1.807) is 7.11 Å². The van der Waals surface area contributed by atoms with Crippen molar-refractivity contribution in [2.45, 2.75) is 19.9 Å². The maximum atomic E-state index is 6.23. The molecule has 0 heterocycles. The summed E-state index contributed by atoms with van der Waals surface area (Å²) in [5.41, 5.74) is 9.30. The number of benzene rings is 2. The number of hydrogen-bond acceptors (Lipinski definition) is 3. The fourth-order valence-corrected chi connectivity index (χ4v) is 2.24. The van der Waals surface area contributed by atoms with Crippen LogP contribution in [0.1, 0.15) is 22.7 Å². The summed E-state index contributed by atoms with van der Waals surface area (Å²) in [5, 5.41) is 0.729. The minimum absolute atomic E-state index is 0.254. The van der Waals surface area contributed by atoms with E-state index in [1.807, 2.05) is 50.2 Å². The van der Waals surface area contributed by atoms with Crippen LogP contribution >= 0.6 is 11.6 Å². The van der Waals surface area contributed by atoms with Gasteiger partial charge >= 0.3 is 0 Å². The van der Waals surface area contributed by atoms with Gasteiger partial charge in [-0.05, 0) is 43.7 Å². The Kier molecular flexibility index (Phi) is 5.10. The highest BCUT2D eigenvalue weighted by Gasteiger charge is 2.13. The molecular weight excluding hydrogens is 286 g/mol. The van der Waals surface area contributed by atoms with Crippen molar-refractivity contribution in [2.75, 3.05) is 13.7 Å². The van der Waals surface area contributed by atoms with Crippen LogP contribution in [0.3, 0.4) is 0 Å². The summed E-state index contributed by atoms with van der Waals surface area (Å²) >= 11 is 6.00. The third kappa shape index (κ3) is 3.90. The van der Waals surface area contributed by atoms with Crippen LogP contribution in [0.4, 0.5) is 0 Å². The lowest BCUT2D eigenvalue weighted by Crippen LogP contribution is -2.20. The molecule has 112 valence electrons. The van der Waals surface area contributed by atoms with Crippen LogP contribution in [-0.4, -0.2) is 13.7 Å². The SMILES string of the molecule is COc1ccc(C)cc1C(N)COc1ccc(Cl)c(C)c1. The van der Waals surface area contributed by atoms with Crippen LogP contribution in [0.5, 0.6) is 11.5 Å². The Morgan fingerprint density at radius 1 is 1.14 bits per heavy atom. The van der Waals surface area contributed by atoms with Crippen molar-refractivity contribution in [1.29, 1.82) is 0 Å². The van der Waals surface area contributed by atoms with E-state index in [2.05, 4.69) is 0 Å². The van der Waals surface area contributed by atoms with Crippen molar-refractivity contribution < 1.29 is 9.47 Å². The zero-order valence-corrected chi connectivity index (χ0v) is 13.3. The molecule has 2 aromatic carbocycles. The number of methoxy groups -OCH3 is 1. The van der Waals surface area contributed by atoms with Gasteiger partial charge in [-0.1, -0.05) is 29.3 Å². The van der Waals surface area contributed by atoms with Gasteiger partial charge in [-0.25, -0.2) is 0 Å². The Labute approximate surface area is 130 Å². The van der Waals surface area contributed by atoms with Crippen molar-refractivity contribution in [2.24, 2.45) is 5.73 Å². The lowest BCUT2D eigenvalue weighted by Gasteiger charge is -2.17. The fraction of sp³-hybridized carbons (Fsp3) is 0.294. The van der Waals surface area contributed by atoms with E-state index in [4.69, 9.17) is 26.8 Å². The quantitative estimate of drug-likeness (QED) is 0.906. The van der Waals surface area contributed by atoms with Crippen molar-refractivity contribution in [3.8, 4) is 11.5 Å². The number of halogens is 1. The standard InChI is InChI=1S/C17H20ClNO2/c1-11-4-7-17(20-3)14(8-11)16(19)10-21-13-5-6-15(18)12(2)9-13/h4-9,16H,10,19H2,1-3H3. The molecule has 0 aliphatic rings. The van der Waals surface area contributed by atoms with E-state index in [-0.39, 0.29) is 6.04 Å². The molecule has 3 nitrogen and oxygen atoms in total. The highest BCUT2D eigenvalue weighted by molar-refractivity contribution is 6.31. The van der Waals surface area contributed by atoms with Crippen molar-refractivity contribution in [1.82, 2.24) is 0 Å². The van der Waals surface area contributed by atoms with Gasteiger partial charge in [0.05, 0.1) is 13.2 Å². The maximum Gasteiger partial charge on any atom is 0.123 e. The van der Waals surface area contributed by atoms with E-state index < -0.39 is 0 Å². The van der Waals surface area contributed by atoms with Crippen LogP contribution in [0.25, 0.3) is 0 Å². The molecule has 0 aliphatic heterocycles. The van der Waals surface area contributed by atoms with Gasteiger partial charge in [-0.3, -0.25) is 0 Å². The Balaban J connectivity index is 2.09. The number of hydrogen-bond donors (Lipinski definition) is 1. The average Bonchev–Trinajstić information content (AvgIpc) is 2.48. The number of ether oxygens (including phenoxy) is 2.